The molecule has 0 fully saturated rings. The minimum absolute atomic E-state index is 0.197. The molecule has 0 bridgehead atoms. The number of pyridine rings is 1. The van der Waals surface area contributed by atoms with Gasteiger partial charge >= 0.3 is 0 Å². The lowest BCUT2D eigenvalue weighted by Gasteiger charge is -2.18. The molecule has 112 valence electrons. The lowest BCUT2D eigenvalue weighted by Crippen LogP contribution is -2.25. The summed E-state index contributed by atoms with van der Waals surface area (Å²) in [7, 11) is 1.42. The van der Waals surface area contributed by atoms with Gasteiger partial charge in [-0.15, -0.1) is 0 Å². The number of halogens is 2. The summed E-state index contributed by atoms with van der Waals surface area (Å²) >= 11 is 0. The van der Waals surface area contributed by atoms with Crippen LogP contribution < -0.4 is 10.1 Å². The molecule has 1 N–H and O–H groups in total. The summed E-state index contributed by atoms with van der Waals surface area (Å²) < 4.78 is 32.5. The molecular weight excluding hydrogens is 274 g/mol. The molecule has 1 atom stereocenters. The van der Waals surface area contributed by atoms with Crippen molar-refractivity contribution in [3.63, 3.8) is 0 Å². The van der Waals surface area contributed by atoms with Gasteiger partial charge in [0, 0.05) is 6.20 Å². The van der Waals surface area contributed by atoms with Crippen LogP contribution in [0.3, 0.4) is 0 Å². The minimum Gasteiger partial charge on any atom is -0.494 e. The summed E-state index contributed by atoms with van der Waals surface area (Å²) in [4.78, 5) is 4.09. The third-order valence-electron chi connectivity index (χ3n) is 3.22. The number of nitrogens with zero attached hydrogens (tertiary/aromatic N) is 1. The fourth-order valence-electron chi connectivity index (χ4n) is 2.24. The molecule has 2 aromatic rings. The Balaban J connectivity index is 2.24. The summed E-state index contributed by atoms with van der Waals surface area (Å²) in [6.07, 6.45) is 2.00. The van der Waals surface area contributed by atoms with Crippen molar-refractivity contribution in [1.82, 2.24) is 10.3 Å². The number of likely N-dealkylation sites (N-methyl/N-ethyl adjacent to an activating group) is 1. The maximum Gasteiger partial charge on any atom is 0.165 e. The first kappa shape index (κ1) is 15.4. The highest BCUT2D eigenvalue weighted by Crippen LogP contribution is 2.23. The van der Waals surface area contributed by atoms with Crippen LogP contribution in [-0.4, -0.2) is 18.6 Å². The van der Waals surface area contributed by atoms with E-state index >= 15 is 0 Å². The average molecular weight is 292 g/mol. The van der Waals surface area contributed by atoms with Crippen LogP contribution in [0.25, 0.3) is 0 Å². The number of rotatable bonds is 6. The molecule has 0 amide bonds. The Hall–Kier alpha value is -2.01. The Morgan fingerprint density at radius 3 is 2.67 bits per heavy atom. The van der Waals surface area contributed by atoms with Crippen LogP contribution in [0.5, 0.6) is 5.75 Å². The summed E-state index contributed by atoms with van der Waals surface area (Å²) in [6, 6.07) is 7.37. The van der Waals surface area contributed by atoms with E-state index in [1.807, 2.05) is 6.92 Å². The van der Waals surface area contributed by atoms with Gasteiger partial charge in [0.1, 0.15) is 5.82 Å². The van der Waals surface area contributed by atoms with E-state index in [0.29, 0.717) is 18.7 Å². The number of hydrogen-bond donors (Lipinski definition) is 1. The normalized spacial score (nSPS) is 12.2. The van der Waals surface area contributed by atoms with E-state index in [0.717, 1.165) is 5.56 Å². The predicted octanol–water partition coefficient (Wildman–Crippen LogP) is 3.26. The van der Waals surface area contributed by atoms with Gasteiger partial charge in [0.15, 0.2) is 11.6 Å². The van der Waals surface area contributed by atoms with Crippen molar-refractivity contribution >= 4 is 0 Å². The highest BCUT2D eigenvalue weighted by atomic mass is 19.1. The van der Waals surface area contributed by atoms with Crippen molar-refractivity contribution < 1.29 is 13.5 Å². The van der Waals surface area contributed by atoms with E-state index < -0.39 is 5.82 Å². The molecule has 1 aromatic carbocycles. The standard InChI is InChI=1S/C16H18F2N2O/c1-3-19-14(16-12(17)5-4-8-20-16)10-11-6-7-15(21-2)13(18)9-11/h4-9,14,19H,3,10H2,1-2H3. The van der Waals surface area contributed by atoms with Gasteiger partial charge in [0.2, 0.25) is 0 Å². The molecule has 1 unspecified atom stereocenters. The molecule has 2 rings (SSSR count). The van der Waals surface area contributed by atoms with Crippen molar-refractivity contribution in [3.8, 4) is 5.75 Å². The van der Waals surface area contributed by atoms with E-state index in [1.165, 1.54) is 19.2 Å². The van der Waals surface area contributed by atoms with Gasteiger partial charge in [-0.3, -0.25) is 4.98 Å². The van der Waals surface area contributed by atoms with Crippen LogP contribution in [0.15, 0.2) is 36.5 Å². The van der Waals surface area contributed by atoms with Gasteiger partial charge in [-0.1, -0.05) is 13.0 Å². The zero-order valence-corrected chi connectivity index (χ0v) is 12.1. The second-order valence-corrected chi connectivity index (χ2v) is 4.65. The first-order valence-electron chi connectivity index (χ1n) is 6.82. The molecular formula is C16H18F2N2O. The van der Waals surface area contributed by atoms with Crippen molar-refractivity contribution in [2.24, 2.45) is 0 Å². The molecule has 21 heavy (non-hydrogen) atoms. The van der Waals surface area contributed by atoms with Crippen LogP contribution in [0.4, 0.5) is 8.78 Å². The highest BCUT2D eigenvalue weighted by molar-refractivity contribution is 5.30. The van der Waals surface area contributed by atoms with Crippen LogP contribution in [0.1, 0.15) is 24.2 Å². The fourth-order valence-corrected chi connectivity index (χ4v) is 2.24. The van der Waals surface area contributed by atoms with Gasteiger partial charge in [0.05, 0.1) is 18.8 Å². The van der Waals surface area contributed by atoms with Crippen molar-refractivity contribution in [1.29, 1.82) is 0 Å². The molecule has 0 aliphatic heterocycles. The van der Waals surface area contributed by atoms with E-state index in [4.69, 9.17) is 4.74 Å². The number of hydrogen-bond acceptors (Lipinski definition) is 3. The number of methoxy groups -OCH3 is 1. The number of ether oxygens (including phenoxy) is 1. The largest absolute Gasteiger partial charge is 0.494 e. The van der Waals surface area contributed by atoms with Crippen LogP contribution in [-0.2, 0) is 6.42 Å². The van der Waals surface area contributed by atoms with Crippen LogP contribution >= 0.6 is 0 Å². The molecule has 5 heteroatoms. The molecule has 0 aliphatic carbocycles. The van der Waals surface area contributed by atoms with E-state index in [-0.39, 0.29) is 17.6 Å². The summed E-state index contributed by atoms with van der Waals surface area (Å²) in [5.41, 5.74) is 1.10. The lowest BCUT2D eigenvalue weighted by molar-refractivity contribution is 0.386. The maximum atomic E-state index is 13.9. The quantitative estimate of drug-likeness (QED) is 0.887. The first-order valence-corrected chi connectivity index (χ1v) is 6.82. The Morgan fingerprint density at radius 2 is 2.05 bits per heavy atom. The second kappa shape index (κ2) is 7.13. The van der Waals surface area contributed by atoms with Crippen LogP contribution in [0.2, 0.25) is 0 Å². The van der Waals surface area contributed by atoms with Gasteiger partial charge in [-0.25, -0.2) is 8.78 Å². The lowest BCUT2D eigenvalue weighted by atomic mass is 10.0. The van der Waals surface area contributed by atoms with Crippen molar-refractivity contribution in [2.75, 3.05) is 13.7 Å². The predicted molar refractivity (Wildman–Crippen MR) is 77.3 cm³/mol. The molecule has 0 radical (unpaired) electrons. The van der Waals surface area contributed by atoms with Gasteiger partial charge in [-0.05, 0) is 42.8 Å². The highest BCUT2D eigenvalue weighted by Gasteiger charge is 2.17. The molecule has 0 saturated carbocycles. The van der Waals surface area contributed by atoms with Gasteiger partial charge in [-0.2, -0.15) is 0 Å². The second-order valence-electron chi connectivity index (χ2n) is 4.65. The Morgan fingerprint density at radius 1 is 1.24 bits per heavy atom. The maximum absolute atomic E-state index is 13.9. The van der Waals surface area contributed by atoms with Crippen LogP contribution in [0, 0.1) is 11.6 Å². The number of benzene rings is 1. The monoisotopic (exact) mass is 292 g/mol. The van der Waals surface area contributed by atoms with E-state index in [9.17, 15) is 8.78 Å². The van der Waals surface area contributed by atoms with E-state index in [2.05, 4.69) is 10.3 Å². The minimum atomic E-state index is -0.424. The zero-order valence-electron chi connectivity index (χ0n) is 12.1. The van der Waals surface area contributed by atoms with E-state index in [1.54, 1.807) is 24.4 Å². The van der Waals surface area contributed by atoms with Crippen molar-refractivity contribution in [2.45, 2.75) is 19.4 Å². The molecule has 1 aromatic heterocycles. The smallest absolute Gasteiger partial charge is 0.165 e. The SMILES string of the molecule is CCNC(Cc1ccc(OC)c(F)c1)c1ncccc1F. The third kappa shape index (κ3) is 3.76. The fraction of sp³-hybridized carbons (Fsp3) is 0.312. The summed E-state index contributed by atoms with van der Waals surface area (Å²) in [5.74, 6) is -0.591. The average Bonchev–Trinajstić information content (AvgIpc) is 2.47. The number of nitrogens with one attached hydrogen (secondary N) is 1. The molecule has 0 spiro atoms. The van der Waals surface area contributed by atoms with Gasteiger partial charge in [0.25, 0.3) is 0 Å². The Labute approximate surface area is 123 Å². The Bertz CT molecular complexity index is 605. The summed E-state index contributed by atoms with van der Waals surface area (Å²) in [5, 5.41) is 3.18. The molecule has 3 nitrogen and oxygen atoms in total. The summed E-state index contributed by atoms with van der Waals surface area (Å²) in [6.45, 7) is 2.60. The number of aromatic nitrogens is 1. The molecule has 0 aliphatic rings. The van der Waals surface area contributed by atoms with Crippen molar-refractivity contribution in [3.05, 3.63) is 59.4 Å². The topological polar surface area (TPSA) is 34.1 Å². The van der Waals surface area contributed by atoms with Gasteiger partial charge < -0.3 is 10.1 Å². The third-order valence-corrected chi connectivity index (χ3v) is 3.22. The Kier molecular flexibility index (Phi) is 5.22. The first-order chi connectivity index (χ1) is 10.2. The molecule has 0 saturated heterocycles. The molecule has 1 heterocycles. The zero-order chi connectivity index (χ0) is 15.2.